The highest BCUT2D eigenvalue weighted by molar-refractivity contribution is 5.67. The van der Waals surface area contributed by atoms with E-state index in [1.165, 1.54) is 20.8 Å². The molecule has 0 aliphatic heterocycles. The van der Waals surface area contributed by atoms with E-state index in [1.54, 1.807) is 0 Å². The van der Waals surface area contributed by atoms with Crippen LogP contribution in [0.5, 0.6) is 0 Å². The molecular formula is C30H46O8. The molecule has 4 aliphatic rings. The van der Waals surface area contributed by atoms with Crippen LogP contribution in [0.15, 0.2) is 0 Å². The third-order valence-corrected chi connectivity index (χ3v) is 11.2. The first-order chi connectivity index (χ1) is 17.8. The lowest BCUT2D eigenvalue weighted by Crippen LogP contribution is -2.63. The zero-order valence-corrected chi connectivity index (χ0v) is 23.9. The Kier molecular flexibility index (Phi) is 8.21. The van der Waals surface area contributed by atoms with Crippen LogP contribution in [0.2, 0.25) is 0 Å². The van der Waals surface area contributed by atoms with Gasteiger partial charge in [0.25, 0.3) is 0 Å². The summed E-state index contributed by atoms with van der Waals surface area (Å²) in [6.45, 7) is 11.1. The Bertz CT molecular complexity index is 947. The van der Waals surface area contributed by atoms with E-state index in [0.717, 1.165) is 38.5 Å². The molecule has 0 spiro atoms. The van der Waals surface area contributed by atoms with Crippen molar-refractivity contribution in [2.75, 3.05) is 0 Å². The fourth-order valence-corrected chi connectivity index (χ4v) is 9.67. The average molecular weight is 535 g/mol. The van der Waals surface area contributed by atoms with Crippen molar-refractivity contribution < 1.29 is 38.5 Å². The topological polar surface area (TPSA) is 116 Å². The Balaban J connectivity index is 1.71. The number of hydrogen-bond acceptors (Lipinski definition) is 7. The van der Waals surface area contributed by atoms with Gasteiger partial charge in [-0.25, -0.2) is 0 Å². The lowest BCUT2D eigenvalue weighted by molar-refractivity contribution is -0.224. The number of esters is 3. The van der Waals surface area contributed by atoms with Crippen molar-refractivity contribution in [3.05, 3.63) is 0 Å². The van der Waals surface area contributed by atoms with E-state index in [9.17, 15) is 24.3 Å². The minimum atomic E-state index is -0.790. The Morgan fingerprint density at radius 2 is 1.53 bits per heavy atom. The van der Waals surface area contributed by atoms with Crippen LogP contribution in [-0.2, 0) is 33.4 Å². The molecule has 0 saturated heterocycles. The van der Waals surface area contributed by atoms with Gasteiger partial charge in [0.05, 0.1) is 0 Å². The molecule has 0 heterocycles. The third kappa shape index (κ3) is 5.21. The summed E-state index contributed by atoms with van der Waals surface area (Å²) in [4.78, 5) is 47.7. The van der Waals surface area contributed by atoms with E-state index in [0.29, 0.717) is 12.8 Å². The molecule has 0 amide bonds. The summed E-state index contributed by atoms with van der Waals surface area (Å²) in [5, 5.41) is 9.31. The van der Waals surface area contributed by atoms with Crippen LogP contribution in [0.3, 0.4) is 0 Å². The number of carbonyl (C=O) groups excluding carboxylic acids is 3. The van der Waals surface area contributed by atoms with Gasteiger partial charge in [0.1, 0.15) is 18.3 Å². The van der Waals surface area contributed by atoms with Gasteiger partial charge in [-0.1, -0.05) is 20.8 Å². The molecule has 4 saturated carbocycles. The van der Waals surface area contributed by atoms with Crippen LogP contribution in [0, 0.1) is 46.3 Å². The number of fused-ring (bicyclic) bond motifs is 5. The molecule has 8 heteroatoms. The first-order valence-corrected chi connectivity index (χ1v) is 14.5. The van der Waals surface area contributed by atoms with Crippen molar-refractivity contribution >= 4 is 23.9 Å². The highest BCUT2D eigenvalue weighted by Gasteiger charge is 2.67. The molecule has 0 radical (unpaired) electrons. The molecule has 11 atom stereocenters. The summed E-state index contributed by atoms with van der Waals surface area (Å²) in [6.07, 6.45) is 5.93. The lowest BCUT2D eigenvalue weighted by atomic mass is 9.43. The van der Waals surface area contributed by atoms with E-state index >= 15 is 0 Å². The predicted octanol–water partition coefficient (Wildman–Crippen LogP) is 5.16. The zero-order chi connectivity index (χ0) is 28.0. The van der Waals surface area contributed by atoms with Crippen molar-refractivity contribution in [2.45, 2.75) is 118 Å². The van der Waals surface area contributed by atoms with Gasteiger partial charge in [-0.2, -0.15) is 0 Å². The minimum Gasteiger partial charge on any atom is -0.481 e. The molecule has 0 bridgehead atoms. The second-order valence-corrected chi connectivity index (χ2v) is 13.2. The molecule has 1 N–H and O–H groups in total. The second kappa shape index (κ2) is 10.8. The largest absolute Gasteiger partial charge is 0.481 e. The van der Waals surface area contributed by atoms with E-state index < -0.39 is 5.97 Å². The smallest absolute Gasteiger partial charge is 0.303 e. The summed E-state index contributed by atoms with van der Waals surface area (Å²) < 4.78 is 17.8. The van der Waals surface area contributed by atoms with Gasteiger partial charge >= 0.3 is 23.9 Å². The summed E-state index contributed by atoms with van der Waals surface area (Å²) in [7, 11) is 0. The van der Waals surface area contributed by atoms with Crippen LogP contribution in [0.4, 0.5) is 0 Å². The molecule has 4 rings (SSSR count). The maximum Gasteiger partial charge on any atom is 0.303 e. The molecule has 0 unspecified atom stereocenters. The molecule has 4 fully saturated rings. The van der Waals surface area contributed by atoms with Gasteiger partial charge in [0.15, 0.2) is 0 Å². The van der Waals surface area contributed by atoms with Gasteiger partial charge in [-0.3, -0.25) is 19.2 Å². The highest BCUT2D eigenvalue weighted by Crippen LogP contribution is 2.69. The standard InChI is InChI=1S/C30H46O8/c1-16(7-10-27(34)35)22-8-9-23-28-24(15-26(30(22,23)6)38-19(4)33)29(5)12-11-21(36-17(2)31)13-20(29)14-25(28)37-18(3)32/h16,20-26,28H,7-15H2,1-6H3,(H,34,35)/t16-,20-,21+,22+,23-,24-,25+,26-,28-,29-,30+/m0/s1. The average Bonchev–Trinajstić information content (AvgIpc) is 3.16. The summed E-state index contributed by atoms with van der Waals surface area (Å²) in [5.41, 5.74) is -0.355. The fraction of sp³-hybridized carbons (Fsp3) is 0.867. The van der Waals surface area contributed by atoms with Crippen molar-refractivity contribution in [3.8, 4) is 0 Å². The van der Waals surface area contributed by atoms with Gasteiger partial charge < -0.3 is 19.3 Å². The fourth-order valence-electron chi connectivity index (χ4n) is 9.67. The van der Waals surface area contributed by atoms with Crippen LogP contribution < -0.4 is 0 Å². The zero-order valence-electron chi connectivity index (χ0n) is 23.9. The third-order valence-electron chi connectivity index (χ3n) is 11.2. The van der Waals surface area contributed by atoms with Crippen LogP contribution in [0.25, 0.3) is 0 Å². The summed E-state index contributed by atoms with van der Waals surface area (Å²) in [6, 6.07) is 0. The maximum absolute atomic E-state index is 12.4. The Morgan fingerprint density at radius 1 is 0.868 bits per heavy atom. The number of hydrogen-bond donors (Lipinski definition) is 1. The second-order valence-electron chi connectivity index (χ2n) is 13.2. The van der Waals surface area contributed by atoms with Crippen molar-refractivity contribution in [1.82, 2.24) is 0 Å². The Labute approximate surface area is 226 Å². The van der Waals surface area contributed by atoms with E-state index in [1.807, 2.05) is 0 Å². The molecule has 0 aromatic rings. The Morgan fingerprint density at radius 3 is 2.13 bits per heavy atom. The SMILES string of the molecule is CC(=O)O[C@@H]1CC[C@@]2(C)[C@@H](C1)C[C@@H](OC(C)=O)[C@@H]1[C@@H]2C[C@H](OC(C)=O)[C@]2(C)[C@@H]([C@@H](C)CCC(=O)O)CC[C@@H]12. The molecule has 4 aliphatic carbocycles. The molecule has 214 valence electrons. The van der Waals surface area contributed by atoms with E-state index in [4.69, 9.17) is 14.2 Å². The summed E-state index contributed by atoms with van der Waals surface area (Å²) in [5.74, 6) is -0.421. The van der Waals surface area contributed by atoms with E-state index in [2.05, 4.69) is 20.8 Å². The van der Waals surface area contributed by atoms with Crippen LogP contribution in [0.1, 0.15) is 99.3 Å². The normalized spacial score (nSPS) is 42.6. The number of rotatable bonds is 7. The predicted molar refractivity (Wildman–Crippen MR) is 139 cm³/mol. The minimum absolute atomic E-state index is 0.0370. The van der Waals surface area contributed by atoms with Gasteiger partial charge in [-0.05, 0) is 86.4 Å². The summed E-state index contributed by atoms with van der Waals surface area (Å²) >= 11 is 0. The Hall–Kier alpha value is -2.12. The number of aliphatic carboxylic acids is 1. The quantitative estimate of drug-likeness (QED) is 0.352. The van der Waals surface area contributed by atoms with E-state index in [-0.39, 0.29) is 89.0 Å². The highest BCUT2D eigenvalue weighted by atomic mass is 16.6. The van der Waals surface area contributed by atoms with Crippen LogP contribution >= 0.6 is 0 Å². The molecule has 0 aromatic carbocycles. The number of ether oxygens (including phenoxy) is 3. The number of carboxylic acid groups (broad SMARTS) is 1. The monoisotopic (exact) mass is 534 g/mol. The molecule has 0 aromatic heterocycles. The lowest BCUT2D eigenvalue weighted by Gasteiger charge is -2.64. The van der Waals surface area contributed by atoms with Crippen molar-refractivity contribution in [3.63, 3.8) is 0 Å². The maximum atomic E-state index is 12.4. The van der Waals surface area contributed by atoms with Gasteiger partial charge in [0.2, 0.25) is 0 Å². The van der Waals surface area contributed by atoms with Crippen molar-refractivity contribution in [2.24, 2.45) is 46.3 Å². The van der Waals surface area contributed by atoms with Crippen LogP contribution in [-0.4, -0.2) is 47.3 Å². The first kappa shape index (κ1) is 28.9. The van der Waals surface area contributed by atoms with Crippen molar-refractivity contribution in [1.29, 1.82) is 0 Å². The first-order valence-electron chi connectivity index (χ1n) is 14.5. The van der Waals surface area contributed by atoms with Gasteiger partial charge in [0, 0.05) is 38.5 Å². The number of carboxylic acids is 1. The number of carbonyl (C=O) groups is 4. The molecule has 8 nitrogen and oxygen atoms in total. The van der Waals surface area contributed by atoms with Gasteiger partial charge in [-0.15, -0.1) is 0 Å². The molecule has 38 heavy (non-hydrogen) atoms. The molecular weight excluding hydrogens is 488 g/mol.